The van der Waals surface area contributed by atoms with E-state index in [0.29, 0.717) is 5.88 Å². The van der Waals surface area contributed by atoms with Crippen LogP contribution in [0.25, 0.3) is 11.2 Å². The molecule has 6 heteroatoms. The van der Waals surface area contributed by atoms with Crippen LogP contribution in [0.4, 0.5) is 0 Å². The SMILES string of the molecule is Cc1nn(C)c2c1nc(CCCl)n2Cc1cccnc1. The summed E-state index contributed by atoms with van der Waals surface area (Å²) in [5.74, 6) is 1.55. The summed E-state index contributed by atoms with van der Waals surface area (Å²) in [5.41, 5.74) is 4.08. The van der Waals surface area contributed by atoms with Crippen LogP contribution >= 0.6 is 11.6 Å². The second-order valence-electron chi connectivity index (χ2n) is 4.80. The van der Waals surface area contributed by atoms with Gasteiger partial charge in [-0.2, -0.15) is 5.10 Å². The quantitative estimate of drug-likeness (QED) is 0.693. The molecule has 0 atom stereocenters. The molecule has 0 radical (unpaired) electrons. The van der Waals surface area contributed by atoms with Gasteiger partial charge >= 0.3 is 0 Å². The van der Waals surface area contributed by atoms with E-state index in [4.69, 9.17) is 16.6 Å². The van der Waals surface area contributed by atoms with Gasteiger partial charge in [0, 0.05) is 31.7 Å². The van der Waals surface area contributed by atoms with Gasteiger partial charge in [0.15, 0.2) is 5.65 Å². The lowest BCUT2D eigenvalue weighted by atomic mass is 10.3. The Morgan fingerprint density at radius 3 is 2.90 bits per heavy atom. The Morgan fingerprint density at radius 1 is 1.35 bits per heavy atom. The molecule has 0 aromatic carbocycles. The normalized spacial score (nSPS) is 11.3. The molecular formula is C14H16ClN5. The maximum Gasteiger partial charge on any atom is 0.158 e. The minimum absolute atomic E-state index is 0.558. The van der Waals surface area contributed by atoms with Crippen molar-refractivity contribution in [1.82, 2.24) is 24.3 Å². The smallest absolute Gasteiger partial charge is 0.158 e. The monoisotopic (exact) mass is 289 g/mol. The number of imidazole rings is 1. The van der Waals surface area contributed by atoms with Gasteiger partial charge in [0.1, 0.15) is 11.3 Å². The molecule has 104 valence electrons. The van der Waals surface area contributed by atoms with Crippen LogP contribution in [0.3, 0.4) is 0 Å². The summed E-state index contributed by atoms with van der Waals surface area (Å²) in [5, 5.41) is 4.44. The number of halogens is 1. The summed E-state index contributed by atoms with van der Waals surface area (Å²) in [7, 11) is 1.95. The molecule has 0 fully saturated rings. The zero-order valence-electron chi connectivity index (χ0n) is 11.5. The summed E-state index contributed by atoms with van der Waals surface area (Å²) < 4.78 is 4.06. The van der Waals surface area contributed by atoms with Crippen molar-refractivity contribution in [3.63, 3.8) is 0 Å². The molecule has 0 saturated carbocycles. The second-order valence-corrected chi connectivity index (χ2v) is 5.17. The van der Waals surface area contributed by atoms with Crippen molar-refractivity contribution in [3.05, 3.63) is 41.6 Å². The van der Waals surface area contributed by atoms with Crippen molar-refractivity contribution in [2.75, 3.05) is 5.88 Å². The molecule has 0 aliphatic carbocycles. The molecule has 0 spiro atoms. The van der Waals surface area contributed by atoms with E-state index in [9.17, 15) is 0 Å². The molecule has 0 aliphatic rings. The molecule has 5 nitrogen and oxygen atoms in total. The van der Waals surface area contributed by atoms with E-state index in [1.54, 1.807) is 6.20 Å². The van der Waals surface area contributed by atoms with E-state index in [-0.39, 0.29) is 0 Å². The van der Waals surface area contributed by atoms with Crippen molar-refractivity contribution >= 4 is 22.8 Å². The molecule has 0 unspecified atom stereocenters. The van der Waals surface area contributed by atoms with Crippen LogP contribution in [0.15, 0.2) is 24.5 Å². The molecule has 3 aromatic rings. The highest BCUT2D eigenvalue weighted by molar-refractivity contribution is 6.17. The highest BCUT2D eigenvalue weighted by Gasteiger charge is 2.17. The molecule has 0 saturated heterocycles. The highest BCUT2D eigenvalue weighted by Crippen LogP contribution is 2.20. The van der Waals surface area contributed by atoms with Crippen LogP contribution < -0.4 is 0 Å². The number of pyridine rings is 1. The third-order valence-corrected chi connectivity index (χ3v) is 3.54. The molecule has 3 rings (SSSR count). The van der Waals surface area contributed by atoms with Crippen LogP contribution in [0.1, 0.15) is 17.1 Å². The number of aromatic nitrogens is 5. The van der Waals surface area contributed by atoms with Crippen LogP contribution in [0.5, 0.6) is 0 Å². The molecule has 0 N–H and O–H groups in total. The van der Waals surface area contributed by atoms with Crippen LogP contribution in [-0.2, 0) is 20.0 Å². The van der Waals surface area contributed by atoms with E-state index < -0.39 is 0 Å². The first-order valence-corrected chi connectivity index (χ1v) is 7.07. The summed E-state index contributed by atoms with van der Waals surface area (Å²) >= 11 is 5.90. The number of hydrogen-bond acceptors (Lipinski definition) is 3. The first-order valence-electron chi connectivity index (χ1n) is 6.54. The summed E-state index contributed by atoms with van der Waals surface area (Å²) in [6.45, 7) is 2.71. The maximum atomic E-state index is 5.90. The topological polar surface area (TPSA) is 48.5 Å². The van der Waals surface area contributed by atoms with E-state index in [0.717, 1.165) is 41.2 Å². The third-order valence-electron chi connectivity index (χ3n) is 3.35. The summed E-state index contributed by atoms with van der Waals surface area (Å²) in [6, 6.07) is 4.01. The number of fused-ring (bicyclic) bond motifs is 1. The molecule has 3 aromatic heterocycles. The van der Waals surface area contributed by atoms with Gasteiger partial charge in [0.2, 0.25) is 0 Å². The van der Waals surface area contributed by atoms with Crippen LogP contribution in [-0.4, -0.2) is 30.2 Å². The lowest BCUT2D eigenvalue weighted by Gasteiger charge is -2.08. The van der Waals surface area contributed by atoms with Crippen LogP contribution in [0.2, 0.25) is 0 Å². The van der Waals surface area contributed by atoms with Gasteiger partial charge in [-0.15, -0.1) is 11.6 Å². The molecule has 0 amide bonds. The van der Waals surface area contributed by atoms with E-state index >= 15 is 0 Å². The Hall–Kier alpha value is -1.88. The van der Waals surface area contributed by atoms with E-state index in [1.165, 1.54) is 0 Å². The summed E-state index contributed by atoms with van der Waals surface area (Å²) in [4.78, 5) is 8.86. The maximum absolute atomic E-state index is 5.90. The van der Waals surface area contributed by atoms with Crippen molar-refractivity contribution in [2.24, 2.45) is 7.05 Å². The Kier molecular flexibility index (Phi) is 3.44. The van der Waals surface area contributed by atoms with Gasteiger partial charge in [0.05, 0.1) is 12.2 Å². The van der Waals surface area contributed by atoms with Gasteiger partial charge in [0.25, 0.3) is 0 Å². The highest BCUT2D eigenvalue weighted by atomic mass is 35.5. The Morgan fingerprint density at radius 2 is 2.20 bits per heavy atom. The summed E-state index contributed by atoms with van der Waals surface area (Å²) in [6.07, 6.45) is 4.40. The number of hydrogen-bond donors (Lipinski definition) is 0. The fourth-order valence-electron chi connectivity index (χ4n) is 2.50. The van der Waals surface area contributed by atoms with Gasteiger partial charge in [-0.25, -0.2) is 4.98 Å². The Labute approximate surface area is 122 Å². The Balaban J connectivity index is 2.13. The first-order chi connectivity index (χ1) is 9.70. The van der Waals surface area contributed by atoms with Crippen molar-refractivity contribution in [3.8, 4) is 0 Å². The van der Waals surface area contributed by atoms with E-state index in [2.05, 4.69) is 20.7 Å². The number of nitrogens with zero attached hydrogens (tertiary/aromatic N) is 5. The fraction of sp³-hybridized carbons (Fsp3) is 0.357. The predicted molar refractivity (Wildman–Crippen MR) is 79.0 cm³/mol. The number of rotatable bonds is 4. The average Bonchev–Trinajstić information content (AvgIpc) is 2.92. The lowest BCUT2D eigenvalue weighted by molar-refractivity contribution is 0.691. The molecular weight excluding hydrogens is 274 g/mol. The second kappa shape index (κ2) is 5.25. The minimum atomic E-state index is 0.558. The van der Waals surface area contributed by atoms with Crippen LogP contribution in [0, 0.1) is 6.92 Å². The van der Waals surface area contributed by atoms with Gasteiger partial charge in [-0.05, 0) is 18.6 Å². The van der Waals surface area contributed by atoms with Gasteiger partial charge in [-0.3, -0.25) is 9.67 Å². The Bertz CT molecular complexity index is 729. The first kappa shape index (κ1) is 13.1. The molecule has 0 bridgehead atoms. The minimum Gasteiger partial charge on any atom is -0.308 e. The molecule has 0 aliphatic heterocycles. The third kappa shape index (κ3) is 2.18. The van der Waals surface area contributed by atoms with Crippen molar-refractivity contribution in [1.29, 1.82) is 0 Å². The van der Waals surface area contributed by atoms with Crippen molar-refractivity contribution in [2.45, 2.75) is 19.9 Å². The predicted octanol–water partition coefficient (Wildman–Crippen LogP) is 2.30. The van der Waals surface area contributed by atoms with Crippen molar-refractivity contribution < 1.29 is 0 Å². The lowest BCUT2D eigenvalue weighted by Crippen LogP contribution is -2.09. The number of alkyl halides is 1. The zero-order valence-corrected chi connectivity index (χ0v) is 12.3. The standard InChI is InChI=1S/C14H16ClN5/c1-10-13-14(19(2)18-10)20(12(17-13)5-6-15)9-11-4-3-7-16-8-11/h3-4,7-8H,5-6,9H2,1-2H3. The van der Waals surface area contributed by atoms with Gasteiger partial charge < -0.3 is 4.57 Å². The number of aryl methyl sites for hydroxylation is 3. The molecule has 20 heavy (non-hydrogen) atoms. The largest absolute Gasteiger partial charge is 0.308 e. The van der Waals surface area contributed by atoms with E-state index in [1.807, 2.05) is 30.9 Å². The molecule has 3 heterocycles. The average molecular weight is 290 g/mol. The zero-order chi connectivity index (χ0) is 14.1. The van der Waals surface area contributed by atoms with Gasteiger partial charge in [-0.1, -0.05) is 6.07 Å². The fourth-order valence-corrected chi connectivity index (χ4v) is 2.66.